The Bertz CT molecular complexity index is 597. The predicted molar refractivity (Wildman–Crippen MR) is 66.5 cm³/mol. The van der Waals surface area contributed by atoms with Crippen molar-refractivity contribution in [1.29, 1.82) is 5.26 Å². The summed E-state index contributed by atoms with van der Waals surface area (Å²) >= 11 is 0. The fraction of sp³-hybridized carbons (Fsp3) is 0.429. The molecule has 86 valence electrons. The Kier molecular flexibility index (Phi) is 2.19. The molecular weight excluding hydrogens is 210 g/mol. The summed E-state index contributed by atoms with van der Waals surface area (Å²) in [4.78, 5) is 4.68. The fourth-order valence-electron chi connectivity index (χ4n) is 2.94. The van der Waals surface area contributed by atoms with Crippen molar-refractivity contribution in [3.8, 4) is 6.07 Å². The number of aromatic nitrogens is 2. The lowest BCUT2D eigenvalue weighted by molar-refractivity contribution is 0.517. The Balaban J connectivity index is 2.24. The second kappa shape index (κ2) is 3.59. The maximum absolute atomic E-state index is 9.52. The van der Waals surface area contributed by atoms with Gasteiger partial charge in [0.15, 0.2) is 0 Å². The van der Waals surface area contributed by atoms with Crippen molar-refractivity contribution >= 4 is 11.0 Å². The summed E-state index contributed by atoms with van der Waals surface area (Å²) in [6, 6.07) is 10.6. The summed E-state index contributed by atoms with van der Waals surface area (Å²) in [6.45, 7) is 0. The number of rotatable bonds is 1. The zero-order chi connectivity index (χ0) is 11.9. The van der Waals surface area contributed by atoms with Crippen molar-refractivity contribution in [2.24, 2.45) is 7.05 Å². The van der Waals surface area contributed by atoms with Crippen LogP contribution in [-0.4, -0.2) is 9.55 Å². The number of imidazole rings is 1. The van der Waals surface area contributed by atoms with Crippen LogP contribution in [0.3, 0.4) is 0 Å². The van der Waals surface area contributed by atoms with E-state index < -0.39 is 0 Å². The van der Waals surface area contributed by atoms with E-state index in [1.165, 1.54) is 0 Å². The Hall–Kier alpha value is -1.82. The average Bonchev–Trinajstić information content (AvgIpc) is 2.96. The van der Waals surface area contributed by atoms with Gasteiger partial charge in [0.2, 0.25) is 0 Å². The topological polar surface area (TPSA) is 41.6 Å². The van der Waals surface area contributed by atoms with E-state index in [0.717, 1.165) is 42.5 Å². The zero-order valence-corrected chi connectivity index (χ0v) is 9.98. The molecule has 0 unspecified atom stereocenters. The Morgan fingerprint density at radius 2 is 2.00 bits per heavy atom. The first-order chi connectivity index (χ1) is 8.27. The van der Waals surface area contributed by atoms with Crippen molar-refractivity contribution in [2.75, 3.05) is 0 Å². The molecule has 1 aliphatic carbocycles. The SMILES string of the molecule is Cn1c(C2(C#N)CCCC2)nc2ccccc21. The second-order valence-electron chi connectivity index (χ2n) is 4.88. The predicted octanol–water partition coefficient (Wildman–Crippen LogP) is 2.91. The number of fused-ring (bicyclic) bond motifs is 1. The van der Waals surface area contributed by atoms with E-state index in [-0.39, 0.29) is 5.41 Å². The first-order valence-corrected chi connectivity index (χ1v) is 6.10. The molecule has 1 aliphatic rings. The lowest BCUT2D eigenvalue weighted by Gasteiger charge is -2.19. The molecular formula is C14H15N3. The monoisotopic (exact) mass is 225 g/mol. The van der Waals surface area contributed by atoms with Crippen LogP contribution in [0.5, 0.6) is 0 Å². The molecule has 3 heteroatoms. The first kappa shape index (κ1) is 10.3. The average molecular weight is 225 g/mol. The molecule has 3 rings (SSSR count). The summed E-state index contributed by atoms with van der Waals surface area (Å²) in [6.07, 6.45) is 4.16. The number of nitriles is 1. The summed E-state index contributed by atoms with van der Waals surface area (Å²) in [5.41, 5.74) is 1.75. The number of hydrogen-bond donors (Lipinski definition) is 0. The standard InChI is InChI=1S/C14H15N3/c1-17-12-7-3-2-6-11(12)16-13(17)14(10-15)8-4-5-9-14/h2-3,6-7H,4-5,8-9H2,1H3. The van der Waals surface area contributed by atoms with Crippen LogP contribution in [0.2, 0.25) is 0 Å². The van der Waals surface area contributed by atoms with Crippen molar-refractivity contribution in [3.05, 3.63) is 30.1 Å². The maximum atomic E-state index is 9.52. The molecule has 1 fully saturated rings. The molecule has 17 heavy (non-hydrogen) atoms. The van der Waals surface area contributed by atoms with Gasteiger partial charge in [-0.3, -0.25) is 0 Å². The van der Waals surface area contributed by atoms with E-state index in [2.05, 4.69) is 21.7 Å². The third kappa shape index (κ3) is 1.37. The molecule has 3 nitrogen and oxygen atoms in total. The molecule has 2 aromatic rings. The van der Waals surface area contributed by atoms with Crippen molar-refractivity contribution in [2.45, 2.75) is 31.1 Å². The maximum Gasteiger partial charge on any atom is 0.130 e. The normalized spacial score (nSPS) is 18.4. The molecule has 0 spiro atoms. The van der Waals surface area contributed by atoms with Gasteiger partial charge in [-0.2, -0.15) is 5.26 Å². The van der Waals surface area contributed by atoms with Crippen molar-refractivity contribution in [1.82, 2.24) is 9.55 Å². The van der Waals surface area contributed by atoms with Crippen LogP contribution in [0.4, 0.5) is 0 Å². The minimum atomic E-state index is -0.353. The van der Waals surface area contributed by atoms with Gasteiger partial charge in [-0.05, 0) is 25.0 Å². The van der Waals surface area contributed by atoms with E-state index in [1.807, 2.05) is 25.2 Å². The molecule has 0 radical (unpaired) electrons. The molecule has 1 aromatic heterocycles. The first-order valence-electron chi connectivity index (χ1n) is 6.10. The molecule has 0 saturated heterocycles. The quantitative estimate of drug-likeness (QED) is 0.748. The molecule has 1 heterocycles. The molecule has 0 atom stereocenters. The van der Waals surface area contributed by atoms with Crippen molar-refractivity contribution < 1.29 is 0 Å². The molecule has 0 N–H and O–H groups in total. The largest absolute Gasteiger partial charge is 0.330 e. The summed E-state index contributed by atoms with van der Waals surface area (Å²) in [5.74, 6) is 0.943. The van der Waals surface area contributed by atoms with Gasteiger partial charge in [-0.25, -0.2) is 4.98 Å². The Morgan fingerprint density at radius 3 is 2.65 bits per heavy atom. The number of hydrogen-bond acceptors (Lipinski definition) is 2. The number of nitrogens with zero attached hydrogens (tertiary/aromatic N) is 3. The summed E-state index contributed by atoms with van der Waals surface area (Å²) < 4.78 is 2.09. The van der Waals surface area contributed by atoms with E-state index in [9.17, 15) is 5.26 Å². The van der Waals surface area contributed by atoms with E-state index in [0.29, 0.717) is 0 Å². The van der Waals surface area contributed by atoms with Crippen LogP contribution in [0, 0.1) is 11.3 Å². The van der Waals surface area contributed by atoms with Crippen LogP contribution in [0.25, 0.3) is 11.0 Å². The van der Waals surface area contributed by atoms with Gasteiger partial charge >= 0.3 is 0 Å². The van der Waals surface area contributed by atoms with Crippen LogP contribution in [0.1, 0.15) is 31.5 Å². The minimum absolute atomic E-state index is 0.353. The lowest BCUT2D eigenvalue weighted by Crippen LogP contribution is -2.24. The highest BCUT2D eigenvalue weighted by Crippen LogP contribution is 2.40. The number of para-hydroxylation sites is 2. The van der Waals surface area contributed by atoms with Crippen LogP contribution in [-0.2, 0) is 12.5 Å². The van der Waals surface area contributed by atoms with Crippen LogP contribution < -0.4 is 0 Å². The molecule has 0 aliphatic heterocycles. The third-order valence-corrected chi connectivity index (χ3v) is 3.89. The minimum Gasteiger partial charge on any atom is -0.330 e. The third-order valence-electron chi connectivity index (χ3n) is 3.89. The lowest BCUT2D eigenvalue weighted by atomic mass is 9.87. The molecule has 0 bridgehead atoms. The van der Waals surface area contributed by atoms with E-state index >= 15 is 0 Å². The summed E-state index contributed by atoms with van der Waals surface area (Å²) in [5, 5.41) is 9.52. The Labute approximate surface area is 101 Å². The van der Waals surface area contributed by atoms with Gasteiger partial charge in [0.1, 0.15) is 11.2 Å². The van der Waals surface area contributed by atoms with Gasteiger partial charge in [0, 0.05) is 7.05 Å². The van der Waals surface area contributed by atoms with E-state index in [1.54, 1.807) is 0 Å². The van der Waals surface area contributed by atoms with Gasteiger partial charge in [-0.15, -0.1) is 0 Å². The highest BCUT2D eigenvalue weighted by Gasteiger charge is 2.39. The van der Waals surface area contributed by atoms with Gasteiger partial charge < -0.3 is 4.57 Å². The van der Waals surface area contributed by atoms with Crippen molar-refractivity contribution in [3.63, 3.8) is 0 Å². The molecule has 1 aromatic carbocycles. The van der Waals surface area contributed by atoms with Crippen LogP contribution >= 0.6 is 0 Å². The number of aryl methyl sites for hydroxylation is 1. The zero-order valence-electron chi connectivity index (χ0n) is 9.98. The number of benzene rings is 1. The van der Waals surface area contributed by atoms with Gasteiger partial charge in [-0.1, -0.05) is 25.0 Å². The second-order valence-corrected chi connectivity index (χ2v) is 4.88. The van der Waals surface area contributed by atoms with Gasteiger partial charge in [0.05, 0.1) is 17.1 Å². The molecule has 1 saturated carbocycles. The smallest absolute Gasteiger partial charge is 0.130 e. The highest BCUT2D eigenvalue weighted by atomic mass is 15.1. The fourth-order valence-corrected chi connectivity index (χ4v) is 2.94. The van der Waals surface area contributed by atoms with E-state index in [4.69, 9.17) is 0 Å². The Morgan fingerprint density at radius 1 is 1.29 bits per heavy atom. The molecule has 0 amide bonds. The highest BCUT2D eigenvalue weighted by molar-refractivity contribution is 5.76. The summed E-state index contributed by atoms with van der Waals surface area (Å²) in [7, 11) is 2.02. The van der Waals surface area contributed by atoms with Gasteiger partial charge in [0.25, 0.3) is 0 Å². The van der Waals surface area contributed by atoms with Crippen LogP contribution in [0.15, 0.2) is 24.3 Å².